The fraction of sp³-hybridized carbons (Fsp3) is 0.636. The highest BCUT2D eigenvalue weighted by molar-refractivity contribution is 8.14. The Kier molecular flexibility index (Phi) is 11.3. The van der Waals surface area contributed by atoms with E-state index in [2.05, 4.69) is 24.1 Å². The van der Waals surface area contributed by atoms with Crippen LogP contribution in [0.15, 0.2) is 29.3 Å². The first-order valence-corrected chi connectivity index (χ1v) is 12.3. The van der Waals surface area contributed by atoms with E-state index in [1.165, 1.54) is 51.4 Å². The summed E-state index contributed by atoms with van der Waals surface area (Å²) in [5.41, 5.74) is 0.917. The van der Waals surface area contributed by atoms with Crippen molar-refractivity contribution >= 4 is 51.5 Å². The minimum Gasteiger partial charge on any atom is -0.332 e. The lowest BCUT2D eigenvalue weighted by Crippen LogP contribution is -2.36. The average Bonchev–Trinajstić information content (AvgIpc) is 3.04. The molecule has 1 saturated heterocycles. The number of anilines is 1. The minimum atomic E-state index is 0.501. The van der Waals surface area contributed by atoms with Gasteiger partial charge in [0.1, 0.15) is 0 Å². The van der Waals surface area contributed by atoms with Gasteiger partial charge in [-0.2, -0.15) is 0 Å². The van der Waals surface area contributed by atoms with E-state index < -0.39 is 0 Å². The van der Waals surface area contributed by atoms with Gasteiger partial charge >= 0.3 is 0 Å². The van der Waals surface area contributed by atoms with Crippen LogP contribution in [0.4, 0.5) is 5.69 Å². The second-order valence-electron chi connectivity index (χ2n) is 7.47. The number of rotatable bonds is 11. The molecule has 0 amide bonds. The maximum atomic E-state index is 6.07. The smallest absolute Gasteiger partial charge is 0.179 e. The van der Waals surface area contributed by atoms with Gasteiger partial charge in [0.15, 0.2) is 10.3 Å². The quantitative estimate of drug-likeness (QED) is 0.288. The Morgan fingerprint density at radius 3 is 2.54 bits per heavy atom. The molecule has 2 rings (SSSR count). The molecular weight excluding hydrogens is 406 g/mol. The summed E-state index contributed by atoms with van der Waals surface area (Å²) in [5.74, 6) is 0. The Balaban J connectivity index is 1.71. The van der Waals surface area contributed by atoms with E-state index in [0.29, 0.717) is 15.4 Å². The van der Waals surface area contributed by atoms with Gasteiger partial charge in [-0.3, -0.25) is 9.89 Å². The van der Waals surface area contributed by atoms with Crippen molar-refractivity contribution in [2.75, 3.05) is 18.4 Å². The van der Waals surface area contributed by atoms with Crippen LogP contribution in [0.1, 0.15) is 71.6 Å². The number of thioether (sulfide) groups is 1. The number of nitrogens with zero attached hydrogens (tertiary/aromatic N) is 2. The van der Waals surface area contributed by atoms with Gasteiger partial charge in [-0.05, 0) is 36.8 Å². The third-order valence-corrected chi connectivity index (χ3v) is 6.48. The average molecular weight is 440 g/mol. The largest absolute Gasteiger partial charge is 0.332 e. The number of halogens is 1. The molecule has 1 heterocycles. The topological polar surface area (TPSA) is 27.6 Å². The lowest BCUT2D eigenvalue weighted by Gasteiger charge is -2.20. The van der Waals surface area contributed by atoms with Crippen LogP contribution in [0.5, 0.6) is 0 Å². The van der Waals surface area contributed by atoms with Crippen LogP contribution in [-0.2, 0) is 0 Å². The van der Waals surface area contributed by atoms with E-state index in [1.807, 2.05) is 36.0 Å². The predicted octanol–water partition coefficient (Wildman–Crippen LogP) is 7.36. The van der Waals surface area contributed by atoms with E-state index >= 15 is 0 Å². The van der Waals surface area contributed by atoms with Crippen LogP contribution in [0.2, 0.25) is 5.02 Å². The number of unbranched alkanes of at least 4 members (excludes halogenated alkanes) is 8. The Morgan fingerprint density at radius 1 is 1.18 bits per heavy atom. The van der Waals surface area contributed by atoms with Gasteiger partial charge < -0.3 is 5.32 Å². The third-order valence-electron chi connectivity index (χ3n) is 4.81. The van der Waals surface area contributed by atoms with Crippen LogP contribution in [0.25, 0.3) is 0 Å². The van der Waals surface area contributed by atoms with Crippen molar-refractivity contribution in [2.45, 2.75) is 76.9 Å². The molecule has 0 saturated carbocycles. The SMILES string of the molecule is CCCCCCCCCCC/N=C1/SC(C)CN1C(=S)Nc1cccc(Cl)c1. The van der Waals surface area contributed by atoms with Gasteiger partial charge in [0.25, 0.3) is 0 Å². The second kappa shape index (κ2) is 13.4. The second-order valence-corrected chi connectivity index (χ2v) is 9.70. The van der Waals surface area contributed by atoms with Gasteiger partial charge in [-0.15, -0.1) is 0 Å². The summed E-state index contributed by atoms with van der Waals surface area (Å²) in [7, 11) is 0. The standard InChI is InChI=1S/C22H34ClN3S2/c1-3-4-5-6-7-8-9-10-11-15-24-22-26(17-18(2)28-22)21(27)25-20-14-12-13-19(23)16-20/h12-14,16,18H,3-11,15,17H2,1-2H3,(H,25,27)/b24-22+. The summed E-state index contributed by atoms with van der Waals surface area (Å²) >= 11 is 13.5. The fourth-order valence-corrected chi connectivity index (χ4v) is 4.83. The van der Waals surface area contributed by atoms with Gasteiger partial charge in [-0.1, -0.05) is 94.6 Å². The highest BCUT2D eigenvalue weighted by Gasteiger charge is 2.28. The first-order valence-electron chi connectivity index (χ1n) is 10.7. The number of benzene rings is 1. The number of hydrogen-bond acceptors (Lipinski definition) is 3. The van der Waals surface area contributed by atoms with Gasteiger partial charge in [-0.25, -0.2) is 0 Å². The molecule has 156 valence electrons. The molecule has 0 bridgehead atoms. The van der Waals surface area contributed by atoms with Crippen LogP contribution in [0.3, 0.4) is 0 Å². The van der Waals surface area contributed by atoms with E-state index in [4.69, 9.17) is 28.8 Å². The zero-order valence-corrected chi connectivity index (χ0v) is 19.6. The molecule has 1 aliphatic heterocycles. The van der Waals surface area contributed by atoms with E-state index in [-0.39, 0.29) is 0 Å². The molecule has 28 heavy (non-hydrogen) atoms. The van der Waals surface area contributed by atoms with Gasteiger partial charge in [0.05, 0.1) is 0 Å². The monoisotopic (exact) mass is 439 g/mol. The van der Waals surface area contributed by atoms with E-state index in [0.717, 1.165) is 30.4 Å². The molecular formula is C22H34ClN3S2. The molecule has 1 unspecified atom stereocenters. The zero-order chi connectivity index (χ0) is 20.2. The highest BCUT2D eigenvalue weighted by atomic mass is 35.5. The summed E-state index contributed by atoms with van der Waals surface area (Å²) in [6.07, 6.45) is 12.0. The van der Waals surface area contributed by atoms with Crippen molar-refractivity contribution in [2.24, 2.45) is 4.99 Å². The van der Waals surface area contributed by atoms with Gasteiger partial charge in [0, 0.05) is 29.0 Å². The van der Waals surface area contributed by atoms with Crippen molar-refractivity contribution in [1.29, 1.82) is 0 Å². The Labute approximate surface area is 185 Å². The Hall–Kier alpha value is -0.780. The van der Waals surface area contributed by atoms with Crippen molar-refractivity contribution in [1.82, 2.24) is 4.90 Å². The van der Waals surface area contributed by atoms with Crippen molar-refractivity contribution in [3.05, 3.63) is 29.3 Å². The molecule has 0 radical (unpaired) electrons. The van der Waals surface area contributed by atoms with Crippen LogP contribution >= 0.6 is 35.6 Å². The van der Waals surface area contributed by atoms with Crippen LogP contribution in [0, 0.1) is 0 Å². The minimum absolute atomic E-state index is 0.501. The number of aliphatic imine (C=N–C) groups is 1. The molecule has 0 aromatic heterocycles. The highest BCUT2D eigenvalue weighted by Crippen LogP contribution is 2.27. The number of thiocarbonyl (C=S) groups is 1. The van der Waals surface area contributed by atoms with Crippen molar-refractivity contribution in [3.8, 4) is 0 Å². The lowest BCUT2D eigenvalue weighted by atomic mass is 10.1. The molecule has 3 nitrogen and oxygen atoms in total. The lowest BCUT2D eigenvalue weighted by molar-refractivity contribution is 0.566. The fourth-order valence-electron chi connectivity index (χ4n) is 3.26. The Bertz CT molecular complexity index is 636. The predicted molar refractivity (Wildman–Crippen MR) is 131 cm³/mol. The summed E-state index contributed by atoms with van der Waals surface area (Å²) in [6, 6.07) is 7.65. The maximum Gasteiger partial charge on any atom is 0.179 e. The number of nitrogens with one attached hydrogen (secondary N) is 1. The maximum absolute atomic E-state index is 6.07. The molecule has 1 aromatic rings. The van der Waals surface area contributed by atoms with Gasteiger partial charge in [0.2, 0.25) is 0 Å². The molecule has 1 fully saturated rings. The number of hydrogen-bond donors (Lipinski definition) is 1. The molecule has 0 spiro atoms. The first kappa shape index (κ1) is 23.5. The summed E-state index contributed by atoms with van der Waals surface area (Å²) in [4.78, 5) is 6.97. The van der Waals surface area contributed by atoms with Crippen LogP contribution in [-0.4, -0.2) is 33.5 Å². The van der Waals surface area contributed by atoms with Crippen LogP contribution < -0.4 is 5.32 Å². The third kappa shape index (κ3) is 8.71. The summed E-state index contributed by atoms with van der Waals surface area (Å²) in [5, 5.41) is 6.25. The van der Waals surface area contributed by atoms with E-state index in [9.17, 15) is 0 Å². The zero-order valence-electron chi connectivity index (χ0n) is 17.3. The molecule has 1 aliphatic rings. The molecule has 1 aromatic carbocycles. The molecule has 1 N–H and O–H groups in total. The van der Waals surface area contributed by atoms with Crippen molar-refractivity contribution < 1.29 is 0 Å². The Morgan fingerprint density at radius 2 is 1.86 bits per heavy atom. The van der Waals surface area contributed by atoms with E-state index in [1.54, 1.807) is 0 Å². The molecule has 6 heteroatoms. The first-order chi connectivity index (χ1) is 13.6. The molecule has 0 aliphatic carbocycles. The number of amidine groups is 1. The summed E-state index contributed by atoms with van der Waals surface area (Å²) in [6.45, 7) is 6.28. The summed E-state index contributed by atoms with van der Waals surface area (Å²) < 4.78 is 0. The normalized spacial score (nSPS) is 18.0. The molecule has 1 atom stereocenters. The van der Waals surface area contributed by atoms with Crippen molar-refractivity contribution in [3.63, 3.8) is 0 Å².